The third-order valence-electron chi connectivity index (χ3n) is 5.08. The lowest BCUT2D eigenvalue weighted by molar-refractivity contribution is -0.192. The number of nitrogens with zero attached hydrogens (tertiary/aromatic N) is 6. The highest BCUT2D eigenvalue weighted by Crippen LogP contribution is 2.33. The van der Waals surface area contributed by atoms with Gasteiger partial charge in [0, 0.05) is 44.6 Å². The number of amides is 1. The van der Waals surface area contributed by atoms with Crippen LogP contribution in [0.3, 0.4) is 0 Å². The average molecular weight is 536 g/mol. The summed E-state index contributed by atoms with van der Waals surface area (Å²) >= 11 is 0. The van der Waals surface area contributed by atoms with Gasteiger partial charge in [-0.1, -0.05) is 0 Å². The predicted molar refractivity (Wildman–Crippen MR) is 117 cm³/mol. The summed E-state index contributed by atoms with van der Waals surface area (Å²) in [6.45, 7) is 6.42. The maximum absolute atomic E-state index is 13.2. The summed E-state index contributed by atoms with van der Waals surface area (Å²) in [5, 5.41) is 20.3. The lowest BCUT2D eigenvalue weighted by atomic mass is 10.0. The zero-order valence-electron chi connectivity index (χ0n) is 19.6. The van der Waals surface area contributed by atoms with Crippen molar-refractivity contribution in [1.29, 1.82) is 0 Å². The molecule has 0 saturated carbocycles. The lowest BCUT2D eigenvalue weighted by Crippen LogP contribution is -2.57. The normalized spacial score (nSPS) is 15.8. The standard InChI is InChI=1S/C18H21F3N8O.C2HF3O2/c1-17(2)10-28(7-5-22-17)13-4-6-29-15(25-13)11(8-23-29)16(30)24-12-9-27(3)26-14(12)18(19,20)21;3-2(4,5)1(6)7/h4,6,8-9,22H,5,7,10H2,1-3H3,(H,24,30);(H,6,7). The monoisotopic (exact) mass is 536 g/mol. The van der Waals surface area contributed by atoms with Gasteiger partial charge < -0.3 is 20.6 Å². The van der Waals surface area contributed by atoms with E-state index in [-0.39, 0.29) is 16.7 Å². The Hall–Kier alpha value is -3.89. The summed E-state index contributed by atoms with van der Waals surface area (Å²) in [5.74, 6) is -2.83. The summed E-state index contributed by atoms with van der Waals surface area (Å²) in [5.41, 5.74) is -1.34. The largest absolute Gasteiger partial charge is 0.490 e. The van der Waals surface area contributed by atoms with Crippen molar-refractivity contribution in [2.75, 3.05) is 29.9 Å². The molecule has 3 aromatic heterocycles. The van der Waals surface area contributed by atoms with E-state index in [1.54, 1.807) is 12.3 Å². The molecular formula is C20H22F6N8O3. The number of carboxylic acid groups (broad SMARTS) is 1. The molecule has 3 aromatic rings. The van der Waals surface area contributed by atoms with Crippen LogP contribution in [0, 0.1) is 0 Å². The van der Waals surface area contributed by atoms with Gasteiger partial charge in [-0.05, 0) is 19.9 Å². The van der Waals surface area contributed by atoms with Gasteiger partial charge in [-0.2, -0.15) is 36.5 Å². The number of fused-ring (bicyclic) bond motifs is 1. The Bertz CT molecular complexity index is 1300. The summed E-state index contributed by atoms with van der Waals surface area (Å²) in [6, 6.07) is 1.80. The van der Waals surface area contributed by atoms with E-state index in [4.69, 9.17) is 9.90 Å². The molecule has 0 atom stereocenters. The Morgan fingerprint density at radius 1 is 1.19 bits per heavy atom. The van der Waals surface area contributed by atoms with Gasteiger partial charge in [-0.3, -0.25) is 9.48 Å². The zero-order valence-corrected chi connectivity index (χ0v) is 19.6. The van der Waals surface area contributed by atoms with Gasteiger partial charge in [0.25, 0.3) is 5.91 Å². The van der Waals surface area contributed by atoms with E-state index < -0.39 is 35.6 Å². The molecule has 4 heterocycles. The summed E-state index contributed by atoms with van der Waals surface area (Å²) in [6.07, 6.45) is -5.71. The summed E-state index contributed by atoms with van der Waals surface area (Å²) in [4.78, 5) is 28.3. The first-order valence-corrected chi connectivity index (χ1v) is 10.5. The number of rotatable bonds is 3. The van der Waals surface area contributed by atoms with Crippen molar-refractivity contribution < 1.29 is 41.0 Å². The third kappa shape index (κ3) is 6.66. The second-order valence-corrected chi connectivity index (χ2v) is 8.66. The number of aromatic nitrogens is 5. The number of hydrogen-bond acceptors (Lipinski definition) is 7. The number of alkyl halides is 6. The van der Waals surface area contributed by atoms with Crippen molar-refractivity contribution in [2.24, 2.45) is 7.05 Å². The maximum Gasteiger partial charge on any atom is 0.490 e. The SMILES string of the molecule is Cn1cc(NC(=O)c2cnn3ccc(N4CCNC(C)(C)C4)nc23)c(C(F)(F)F)n1.O=C(O)C(F)(F)F. The highest BCUT2D eigenvalue weighted by molar-refractivity contribution is 6.08. The number of nitrogens with one attached hydrogen (secondary N) is 2. The number of anilines is 2. The molecule has 0 aromatic carbocycles. The van der Waals surface area contributed by atoms with Crippen LogP contribution in [0.15, 0.2) is 24.7 Å². The number of carboxylic acids is 1. The van der Waals surface area contributed by atoms with Crippen LogP contribution in [0.2, 0.25) is 0 Å². The molecule has 1 fully saturated rings. The lowest BCUT2D eigenvalue weighted by Gasteiger charge is -2.39. The smallest absolute Gasteiger partial charge is 0.475 e. The van der Waals surface area contributed by atoms with E-state index in [0.717, 1.165) is 30.5 Å². The Kier molecular flexibility index (Phi) is 7.39. The van der Waals surface area contributed by atoms with Crippen molar-refractivity contribution in [3.05, 3.63) is 35.9 Å². The molecular weight excluding hydrogens is 514 g/mol. The molecule has 11 nitrogen and oxygen atoms in total. The van der Waals surface area contributed by atoms with Gasteiger partial charge in [0.1, 0.15) is 11.4 Å². The van der Waals surface area contributed by atoms with Gasteiger partial charge in [0.2, 0.25) is 0 Å². The Labute approximate surface area is 205 Å². The molecule has 1 aliphatic heterocycles. The number of piperazine rings is 1. The number of hydrogen-bond donors (Lipinski definition) is 3. The highest BCUT2D eigenvalue weighted by atomic mass is 19.4. The fourth-order valence-electron chi connectivity index (χ4n) is 3.51. The Balaban J connectivity index is 0.000000479. The first kappa shape index (κ1) is 27.7. The molecule has 0 spiro atoms. The quantitative estimate of drug-likeness (QED) is 0.436. The van der Waals surface area contributed by atoms with E-state index >= 15 is 0 Å². The van der Waals surface area contributed by atoms with Crippen LogP contribution in [0.5, 0.6) is 0 Å². The fourth-order valence-corrected chi connectivity index (χ4v) is 3.51. The third-order valence-corrected chi connectivity index (χ3v) is 5.08. The molecule has 0 aliphatic carbocycles. The zero-order chi connectivity index (χ0) is 27.8. The van der Waals surface area contributed by atoms with Gasteiger partial charge in [-0.15, -0.1) is 0 Å². The topological polar surface area (TPSA) is 130 Å². The van der Waals surface area contributed by atoms with Crippen molar-refractivity contribution in [3.63, 3.8) is 0 Å². The number of aryl methyl sites for hydroxylation is 1. The van der Waals surface area contributed by atoms with E-state index in [0.29, 0.717) is 5.82 Å². The second kappa shape index (κ2) is 9.87. The first-order chi connectivity index (χ1) is 17.0. The first-order valence-electron chi connectivity index (χ1n) is 10.5. The molecule has 37 heavy (non-hydrogen) atoms. The number of halogens is 6. The van der Waals surface area contributed by atoms with E-state index in [1.807, 2.05) is 0 Å². The molecule has 3 N–H and O–H groups in total. The van der Waals surface area contributed by atoms with Crippen LogP contribution < -0.4 is 15.5 Å². The molecule has 4 rings (SSSR count). The second-order valence-electron chi connectivity index (χ2n) is 8.66. The fraction of sp³-hybridized carbons (Fsp3) is 0.450. The maximum atomic E-state index is 13.2. The molecule has 202 valence electrons. The van der Waals surface area contributed by atoms with Crippen LogP contribution in [0.1, 0.15) is 29.9 Å². The van der Waals surface area contributed by atoms with Gasteiger partial charge in [0.15, 0.2) is 11.3 Å². The van der Waals surface area contributed by atoms with Crippen LogP contribution in [0.4, 0.5) is 37.8 Å². The molecule has 0 bridgehead atoms. The van der Waals surface area contributed by atoms with Crippen molar-refractivity contribution in [1.82, 2.24) is 29.7 Å². The van der Waals surface area contributed by atoms with Crippen LogP contribution in [-0.4, -0.2) is 72.7 Å². The van der Waals surface area contributed by atoms with Crippen molar-refractivity contribution in [2.45, 2.75) is 31.7 Å². The molecule has 1 amide bonds. The van der Waals surface area contributed by atoms with E-state index in [2.05, 4.69) is 44.6 Å². The minimum atomic E-state index is -5.08. The van der Waals surface area contributed by atoms with Crippen LogP contribution in [-0.2, 0) is 18.0 Å². The Morgan fingerprint density at radius 3 is 2.41 bits per heavy atom. The van der Waals surface area contributed by atoms with E-state index in [1.165, 1.54) is 17.8 Å². The molecule has 0 radical (unpaired) electrons. The number of aliphatic carboxylic acids is 1. The molecule has 17 heteroatoms. The minimum Gasteiger partial charge on any atom is -0.475 e. The summed E-state index contributed by atoms with van der Waals surface area (Å²) < 4.78 is 73.6. The molecule has 0 unspecified atom stereocenters. The number of carbonyl (C=O) groups is 2. The van der Waals surface area contributed by atoms with Gasteiger partial charge in [-0.25, -0.2) is 14.3 Å². The minimum absolute atomic E-state index is 0.0724. The van der Waals surface area contributed by atoms with Gasteiger partial charge in [0.05, 0.1) is 11.9 Å². The van der Waals surface area contributed by atoms with E-state index in [9.17, 15) is 31.1 Å². The Morgan fingerprint density at radius 2 is 1.84 bits per heavy atom. The molecule has 1 saturated heterocycles. The average Bonchev–Trinajstić information content (AvgIpc) is 3.35. The summed E-state index contributed by atoms with van der Waals surface area (Å²) in [7, 11) is 1.35. The van der Waals surface area contributed by atoms with Crippen molar-refractivity contribution in [3.8, 4) is 0 Å². The van der Waals surface area contributed by atoms with Crippen LogP contribution >= 0.6 is 0 Å². The molecule has 1 aliphatic rings. The van der Waals surface area contributed by atoms with Crippen LogP contribution in [0.25, 0.3) is 5.65 Å². The van der Waals surface area contributed by atoms with Crippen molar-refractivity contribution >= 4 is 29.0 Å². The number of carbonyl (C=O) groups excluding carboxylic acids is 1. The highest BCUT2D eigenvalue weighted by Gasteiger charge is 2.39. The predicted octanol–water partition coefficient (Wildman–Crippen LogP) is 2.56. The van der Waals surface area contributed by atoms with Gasteiger partial charge >= 0.3 is 18.3 Å².